The van der Waals surface area contributed by atoms with Crippen molar-refractivity contribution >= 4 is 28.5 Å². The van der Waals surface area contributed by atoms with Gasteiger partial charge in [-0.05, 0) is 43.1 Å². The zero-order valence-electron chi connectivity index (χ0n) is 16.5. The lowest BCUT2D eigenvalue weighted by Gasteiger charge is -2.33. The normalized spacial score (nSPS) is 14.8. The van der Waals surface area contributed by atoms with Crippen LogP contribution in [-0.4, -0.2) is 43.1 Å². The van der Waals surface area contributed by atoms with Crippen molar-refractivity contribution in [3.05, 3.63) is 36.5 Å². The molecule has 1 amide bonds. The van der Waals surface area contributed by atoms with Crippen molar-refractivity contribution in [1.29, 1.82) is 0 Å². The average Bonchev–Trinajstić information content (AvgIpc) is 2.75. The molecule has 1 aromatic carbocycles. The predicted octanol–water partition coefficient (Wildman–Crippen LogP) is 3.94. The molecule has 150 valence electrons. The molecule has 1 N–H and O–H groups in total. The molecule has 6 nitrogen and oxygen atoms in total. The Morgan fingerprint density at radius 1 is 1.21 bits per heavy atom. The Balaban J connectivity index is 1.38. The van der Waals surface area contributed by atoms with E-state index in [4.69, 9.17) is 4.74 Å². The van der Waals surface area contributed by atoms with Crippen molar-refractivity contribution in [2.75, 3.05) is 31.1 Å². The summed E-state index contributed by atoms with van der Waals surface area (Å²) in [6, 6.07) is 10.5. The number of nitrogens with zero attached hydrogens (tertiary/aromatic N) is 2. The van der Waals surface area contributed by atoms with Gasteiger partial charge in [-0.1, -0.05) is 31.2 Å². The summed E-state index contributed by atoms with van der Waals surface area (Å²) in [5.74, 6) is 1.69. The number of hydrogen-bond acceptors (Lipinski definition) is 5. The third-order valence-electron chi connectivity index (χ3n) is 5.38. The number of fused-ring (bicyclic) bond motifs is 1. The molecule has 1 aromatic heterocycles. The number of alkyl carbamates (subject to hydrolysis) is 1. The molecule has 0 atom stereocenters. The van der Waals surface area contributed by atoms with Crippen LogP contribution in [0.3, 0.4) is 0 Å². The minimum atomic E-state index is -0.501. The Morgan fingerprint density at radius 3 is 2.79 bits per heavy atom. The largest absolute Gasteiger partial charge is 0.442 e. The van der Waals surface area contributed by atoms with Gasteiger partial charge >= 0.3 is 6.09 Å². The molecule has 1 saturated heterocycles. The first-order chi connectivity index (χ1) is 13.7. The molecule has 3 rings (SSSR count). The van der Waals surface area contributed by atoms with Crippen LogP contribution in [0.5, 0.6) is 0 Å². The zero-order chi connectivity index (χ0) is 19.8. The number of benzene rings is 1. The number of hydrogen-bond donors (Lipinski definition) is 1. The van der Waals surface area contributed by atoms with Gasteiger partial charge in [0.1, 0.15) is 5.82 Å². The van der Waals surface area contributed by atoms with E-state index in [1.165, 1.54) is 10.8 Å². The van der Waals surface area contributed by atoms with Crippen LogP contribution in [0.25, 0.3) is 10.8 Å². The number of carbonyl (C=O) groups excluding carboxylic acids is 2. The summed E-state index contributed by atoms with van der Waals surface area (Å²) >= 11 is 0. The molecule has 1 fully saturated rings. The molecule has 6 heteroatoms. The molecular formula is C22H29N3O3. The minimum absolute atomic E-state index is 0.0670. The fourth-order valence-corrected chi connectivity index (χ4v) is 3.67. The van der Waals surface area contributed by atoms with Crippen LogP contribution in [0.4, 0.5) is 10.6 Å². The molecule has 2 heterocycles. The van der Waals surface area contributed by atoms with Gasteiger partial charge in [-0.25, -0.2) is 9.78 Å². The fourth-order valence-electron chi connectivity index (χ4n) is 3.67. The van der Waals surface area contributed by atoms with Crippen LogP contribution < -0.4 is 10.2 Å². The maximum absolute atomic E-state index is 11.5. The van der Waals surface area contributed by atoms with Crippen LogP contribution in [-0.2, 0) is 9.53 Å². The van der Waals surface area contributed by atoms with E-state index in [0.717, 1.165) is 44.6 Å². The maximum Gasteiger partial charge on any atom is 0.407 e. The molecular weight excluding hydrogens is 354 g/mol. The molecule has 28 heavy (non-hydrogen) atoms. The van der Waals surface area contributed by atoms with Crippen LogP contribution in [0, 0.1) is 5.92 Å². The van der Waals surface area contributed by atoms with E-state index in [2.05, 4.69) is 45.5 Å². The topological polar surface area (TPSA) is 71.5 Å². The lowest BCUT2D eigenvalue weighted by atomic mass is 9.92. The Hall–Kier alpha value is -2.63. The summed E-state index contributed by atoms with van der Waals surface area (Å²) in [4.78, 5) is 29.7. The van der Waals surface area contributed by atoms with Crippen molar-refractivity contribution in [3.8, 4) is 0 Å². The van der Waals surface area contributed by atoms with Gasteiger partial charge in [-0.2, -0.15) is 0 Å². The highest BCUT2D eigenvalue weighted by Gasteiger charge is 2.21. The van der Waals surface area contributed by atoms with Gasteiger partial charge in [0.05, 0.1) is 0 Å². The smallest absolute Gasteiger partial charge is 0.407 e. The lowest BCUT2D eigenvalue weighted by molar-refractivity contribution is -0.121. The fraction of sp³-hybridized carbons (Fsp3) is 0.500. The Morgan fingerprint density at radius 2 is 2.00 bits per heavy atom. The zero-order valence-corrected chi connectivity index (χ0v) is 16.5. The Kier molecular flexibility index (Phi) is 7.23. The van der Waals surface area contributed by atoms with Crippen molar-refractivity contribution in [2.45, 2.75) is 39.0 Å². The number of aromatic nitrogens is 1. The number of Topliss-reactive ketones (excluding diaryl/α,β-unsaturated/α-hetero) is 1. The van der Waals surface area contributed by atoms with Crippen LogP contribution in [0.1, 0.15) is 39.0 Å². The first-order valence-corrected chi connectivity index (χ1v) is 10.2. The van der Waals surface area contributed by atoms with Crippen LogP contribution in [0.2, 0.25) is 0 Å². The number of ether oxygens (including phenoxy) is 1. The Labute approximate surface area is 166 Å². The first kappa shape index (κ1) is 20.1. The highest BCUT2D eigenvalue weighted by Crippen LogP contribution is 2.29. The van der Waals surface area contributed by atoms with E-state index in [1.807, 2.05) is 6.20 Å². The standard InChI is InChI=1S/C22H29N3O3/c1-2-19(26)16-28-22(27)24-12-5-6-17-10-14-25(15-11-17)21-20-8-4-3-7-18(20)9-13-23-21/h3-4,7-9,13,17H,2,5-6,10-12,14-16H2,1H3,(H,24,27). The van der Waals surface area contributed by atoms with Crippen molar-refractivity contribution in [3.63, 3.8) is 0 Å². The minimum Gasteiger partial charge on any atom is -0.442 e. The number of nitrogens with one attached hydrogen (secondary N) is 1. The summed E-state index contributed by atoms with van der Waals surface area (Å²) in [5, 5.41) is 5.17. The van der Waals surface area contributed by atoms with Crippen LogP contribution >= 0.6 is 0 Å². The molecule has 2 aromatic rings. The number of amides is 1. The van der Waals surface area contributed by atoms with E-state index in [1.54, 1.807) is 6.92 Å². The molecule has 0 aliphatic carbocycles. The number of anilines is 1. The second kappa shape index (κ2) is 10.1. The lowest BCUT2D eigenvalue weighted by Crippen LogP contribution is -2.34. The van der Waals surface area contributed by atoms with Gasteiger partial charge in [0, 0.05) is 37.6 Å². The monoisotopic (exact) mass is 383 g/mol. The van der Waals surface area contributed by atoms with E-state index in [0.29, 0.717) is 18.9 Å². The SMILES string of the molecule is CCC(=O)COC(=O)NCCCC1CCN(c2nccc3ccccc23)CC1. The summed E-state index contributed by atoms with van der Waals surface area (Å²) in [6.07, 6.45) is 6.07. The summed E-state index contributed by atoms with van der Waals surface area (Å²) in [7, 11) is 0. The third-order valence-corrected chi connectivity index (χ3v) is 5.38. The van der Waals surface area contributed by atoms with Gasteiger partial charge in [0.25, 0.3) is 0 Å². The van der Waals surface area contributed by atoms with Gasteiger partial charge in [0.2, 0.25) is 0 Å². The Bertz CT molecular complexity index is 795. The predicted molar refractivity (Wildman–Crippen MR) is 111 cm³/mol. The first-order valence-electron chi connectivity index (χ1n) is 10.2. The number of piperidine rings is 1. The average molecular weight is 383 g/mol. The molecule has 0 saturated carbocycles. The molecule has 1 aliphatic heterocycles. The number of pyridine rings is 1. The van der Waals surface area contributed by atoms with Gasteiger partial charge in [-0.15, -0.1) is 0 Å². The van der Waals surface area contributed by atoms with Crippen molar-refractivity contribution in [2.24, 2.45) is 5.92 Å². The summed E-state index contributed by atoms with van der Waals surface area (Å²) in [6.45, 7) is 4.24. The van der Waals surface area contributed by atoms with Gasteiger partial charge in [0.15, 0.2) is 12.4 Å². The van der Waals surface area contributed by atoms with E-state index >= 15 is 0 Å². The van der Waals surface area contributed by atoms with E-state index < -0.39 is 6.09 Å². The highest BCUT2D eigenvalue weighted by molar-refractivity contribution is 5.92. The van der Waals surface area contributed by atoms with E-state index in [-0.39, 0.29) is 12.4 Å². The second-order valence-electron chi connectivity index (χ2n) is 7.32. The number of carbonyl (C=O) groups is 2. The van der Waals surface area contributed by atoms with Gasteiger partial charge in [-0.3, -0.25) is 4.79 Å². The summed E-state index contributed by atoms with van der Waals surface area (Å²) < 4.78 is 4.87. The van der Waals surface area contributed by atoms with Crippen molar-refractivity contribution < 1.29 is 14.3 Å². The number of ketones is 1. The van der Waals surface area contributed by atoms with Gasteiger partial charge < -0.3 is 15.0 Å². The summed E-state index contributed by atoms with van der Waals surface area (Å²) in [5.41, 5.74) is 0. The maximum atomic E-state index is 11.5. The second-order valence-corrected chi connectivity index (χ2v) is 7.32. The third kappa shape index (κ3) is 5.44. The molecule has 0 radical (unpaired) electrons. The van der Waals surface area contributed by atoms with Crippen molar-refractivity contribution in [1.82, 2.24) is 10.3 Å². The number of rotatable bonds is 8. The molecule has 0 bridgehead atoms. The quantitative estimate of drug-likeness (QED) is 0.699. The van der Waals surface area contributed by atoms with Crippen LogP contribution in [0.15, 0.2) is 36.5 Å². The van der Waals surface area contributed by atoms with E-state index in [9.17, 15) is 9.59 Å². The molecule has 0 unspecified atom stereocenters. The molecule has 0 spiro atoms. The highest BCUT2D eigenvalue weighted by atomic mass is 16.5. The molecule has 1 aliphatic rings.